The van der Waals surface area contributed by atoms with Crippen LogP contribution in [-0.2, 0) is 17.9 Å². The molecule has 7 nitrogen and oxygen atoms in total. The van der Waals surface area contributed by atoms with Crippen molar-refractivity contribution in [2.75, 3.05) is 26.2 Å². The molecule has 1 saturated heterocycles. The number of hydrogen-bond donors (Lipinski definition) is 0. The van der Waals surface area contributed by atoms with Crippen LogP contribution in [0.1, 0.15) is 18.4 Å². The van der Waals surface area contributed by atoms with Gasteiger partial charge in [-0.3, -0.25) is 9.69 Å². The fourth-order valence-corrected chi connectivity index (χ4v) is 3.67. The van der Waals surface area contributed by atoms with Crippen LogP contribution in [0.3, 0.4) is 0 Å². The molecule has 0 bridgehead atoms. The summed E-state index contributed by atoms with van der Waals surface area (Å²) in [6, 6.07) is 7.93. The first kappa shape index (κ1) is 17.7. The molecular weight excluding hydrogens is 342 g/mol. The average molecular weight is 367 g/mol. The van der Waals surface area contributed by atoms with Gasteiger partial charge >= 0.3 is 0 Å². The van der Waals surface area contributed by atoms with Crippen molar-refractivity contribution in [2.24, 2.45) is 5.92 Å². The van der Waals surface area contributed by atoms with Crippen LogP contribution < -0.4 is 0 Å². The molecule has 27 heavy (non-hydrogen) atoms. The maximum absolute atomic E-state index is 12.8. The van der Waals surface area contributed by atoms with Gasteiger partial charge in [0.25, 0.3) is 0 Å². The molecule has 0 spiro atoms. The van der Waals surface area contributed by atoms with Gasteiger partial charge in [0, 0.05) is 57.0 Å². The normalized spacial score (nSPS) is 16.7. The molecule has 3 aromatic rings. The number of amides is 1. The fraction of sp³-hybridized carbons (Fsp3) is 0.450. The number of piperazine rings is 1. The molecule has 1 amide bonds. The van der Waals surface area contributed by atoms with E-state index in [4.69, 9.17) is 4.52 Å². The largest absolute Gasteiger partial charge is 0.356 e. The number of carbonyl (C=O) groups is 1. The summed E-state index contributed by atoms with van der Waals surface area (Å²) in [5, 5.41) is 5.29. The predicted molar refractivity (Wildman–Crippen MR) is 102 cm³/mol. The second-order valence-electron chi connectivity index (χ2n) is 7.25. The smallest absolute Gasteiger partial charge is 0.227 e. The summed E-state index contributed by atoms with van der Waals surface area (Å²) in [4.78, 5) is 21.3. The number of hydrogen-bond acceptors (Lipinski definition) is 5. The average Bonchev–Trinajstić information content (AvgIpc) is 3.28. The van der Waals surface area contributed by atoms with Crippen LogP contribution in [-0.4, -0.2) is 56.6 Å². The molecular formula is C20H25N5O2. The second kappa shape index (κ2) is 7.52. The maximum Gasteiger partial charge on any atom is 0.227 e. The molecule has 1 aliphatic rings. The Kier molecular flexibility index (Phi) is 4.94. The Hall–Kier alpha value is -2.67. The second-order valence-corrected chi connectivity index (χ2v) is 7.25. The van der Waals surface area contributed by atoms with E-state index >= 15 is 0 Å². The van der Waals surface area contributed by atoms with E-state index in [2.05, 4.69) is 15.0 Å². The summed E-state index contributed by atoms with van der Waals surface area (Å²) < 4.78 is 7.43. The minimum Gasteiger partial charge on any atom is -0.356 e. The number of aromatic nitrogens is 3. The Balaban J connectivity index is 1.32. The molecule has 2 aromatic heterocycles. The number of carbonyl (C=O) groups excluding carboxylic acids is 1. The van der Waals surface area contributed by atoms with Crippen LogP contribution in [0.5, 0.6) is 0 Å². The van der Waals surface area contributed by atoms with Crippen molar-refractivity contribution in [1.29, 1.82) is 0 Å². The van der Waals surface area contributed by atoms with E-state index < -0.39 is 0 Å². The first-order chi connectivity index (χ1) is 13.1. The molecule has 4 rings (SSSR count). The Morgan fingerprint density at radius 2 is 2.00 bits per heavy atom. The zero-order chi connectivity index (χ0) is 18.8. The highest BCUT2D eigenvalue weighted by Crippen LogP contribution is 2.20. The molecule has 7 heteroatoms. The zero-order valence-electron chi connectivity index (χ0n) is 15.8. The van der Waals surface area contributed by atoms with E-state index in [-0.39, 0.29) is 11.8 Å². The molecule has 3 heterocycles. The van der Waals surface area contributed by atoms with Gasteiger partial charge in [0.05, 0.1) is 5.92 Å². The summed E-state index contributed by atoms with van der Waals surface area (Å²) in [6.45, 7) is 8.59. The maximum atomic E-state index is 12.8. The van der Waals surface area contributed by atoms with Gasteiger partial charge in [0.1, 0.15) is 11.5 Å². The van der Waals surface area contributed by atoms with Gasteiger partial charge in [-0.2, -0.15) is 0 Å². The van der Waals surface area contributed by atoms with Crippen molar-refractivity contribution >= 4 is 16.9 Å². The van der Waals surface area contributed by atoms with Crippen LogP contribution in [0.25, 0.3) is 11.0 Å². The van der Waals surface area contributed by atoms with Crippen LogP contribution in [0.4, 0.5) is 0 Å². The summed E-state index contributed by atoms with van der Waals surface area (Å²) in [6.07, 6.45) is 3.71. The highest BCUT2D eigenvalue weighted by Gasteiger charge is 2.26. The number of nitrogens with zero attached hydrogens (tertiary/aromatic N) is 5. The highest BCUT2D eigenvalue weighted by atomic mass is 16.5. The lowest BCUT2D eigenvalue weighted by Gasteiger charge is -2.35. The Labute approximate surface area is 158 Å². The zero-order valence-corrected chi connectivity index (χ0v) is 15.8. The lowest BCUT2D eigenvalue weighted by Crippen LogP contribution is -2.50. The summed E-state index contributed by atoms with van der Waals surface area (Å²) >= 11 is 0. The number of imidazole rings is 1. The van der Waals surface area contributed by atoms with Crippen LogP contribution in [0, 0.1) is 12.8 Å². The third kappa shape index (κ3) is 3.73. The Bertz CT molecular complexity index is 923. The first-order valence-corrected chi connectivity index (χ1v) is 9.44. The van der Waals surface area contributed by atoms with Crippen molar-refractivity contribution in [2.45, 2.75) is 26.9 Å². The first-order valence-electron chi connectivity index (χ1n) is 9.44. The standard InChI is InChI=1S/C20H25N5O2/c1-15(13-25-8-7-21-16(25)2)20(26)24-11-9-23(10-12-24)14-18-17-5-3-4-6-19(17)27-22-18/h3-8,15H,9-14H2,1-2H3. The third-order valence-corrected chi connectivity index (χ3v) is 5.33. The third-order valence-electron chi connectivity index (χ3n) is 5.33. The lowest BCUT2D eigenvalue weighted by atomic mass is 10.1. The molecule has 1 atom stereocenters. The molecule has 1 aliphatic heterocycles. The topological polar surface area (TPSA) is 67.4 Å². The Morgan fingerprint density at radius 3 is 2.74 bits per heavy atom. The summed E-state index contributed by atoms with van der Waals surface area (Å²) in [7, 11) is 0. The van der Waals surface area contributed by atoms with E-state index in [0.717, 1.165) is 55.2 Å². The van der Waals surface area contributed by atoms with Gasteiger partial charge in [0.2, 0.25) is 5.91 Å². The molecule has 1 unspecified atom stereocenters. The monoisotopic (exact) mass is 367 g/mol. The molecule has 0 saturated carbocycles. The highest BCUT2D eigenvalue weighted by molar-refractivity contribution is 5.79. The quantitative estimate of drug-likeness (QED) is 0.692. The van der Waals surface area contributed by atoms with E-state index in [1.807, 2.05) is 53.8 Å². The van der Waals surface area contributed by atoms with Crippen molar-refractivity contribution in [3.8, 4) is 0 Å². The molecule has 1 aromatic carbocycles. The minimum absolute atomic E-state index is 0.0519. The Morgan fingerprint density at radius 1 is 1.22 bits per heavy atom. The van der Waals surface area contributed by atoms with Gasteiger partial charge < -0.3 is 14.0 Å². The van der Waals surface area contributed by atoms with Crippen molar-refractivity contribution in [3.63, 3.8) is 0 Å². The summed E-state index contributed by atoms with van der Waals surface area (Å²) in [5.74, 6) is 1.11. The fourth-order valence-electron chi connectivity index (χ4n) is 3.67. The van der Waals surface area contributed by atoms with E-state index in [1.165, 1.54) is 0 Å². The minimum atomic E-state index is -0.0519. The summed E-state index contributed by atoms with van der Waals surface area (Å²) in [5.41, 5.74) is 1.79. The molecule has 0 aliphatic carbocycles. The van der Waals surface area contributed by atoms with Gasteiger partial charge in [-0.15, -0.1) is 0 Å². The number of rotatable bonds is 5. The van der Waals surface area contributed by atoms with E-state index in [0.29, 0.717) is 6.54 Å². The van der Waals surface area contributed by atoms with Crippen LogP contribution in [0.2, 0.25) is 0 Å². The predicted octanol–water partition coefficient (Wildman–Crippen LogP) is 2.31. The van der Waals surface area contributed by atoms with Crippen LogP contribution >= 0.6 is 0 Å². The van der Waals surface area contributed by atoms with Gasteiger partial charge in [-0.1, -0.05) is 24.2 Å². The number of para-hydroxylation sites is 1. The van der Waals surface area contributed by atoms with Crippen molar-refractivity contribution in [1.82, 2.24) is 24.5 Å². The molecule has 0 radical (unpaired) electrons. The van der Waals surface area contributed by atoms with Crippen LogP contribution in [0.15, 0.2) is 41.2 Å². The van der Waals surface area contributed by atoms with Gasteiger partial charge in [-0.25, -0.2) is 4.98 Å². The van der Waals surface area contributed by atoms with Crippen molar-refractivity contribution in [3.05, 3.63) is 48.2 Å². The van der Waals surface area contributed by atoms with Gasteiger partial charge in [-0.05, 0) is 19.1 Å². The number of aryl methyl sites for hydroxylation is 1. The van der Waals surface area contributed by atoms with Gasteiger partial charge in [0.15, 0.2) is 5.58 Å². The van der Waals surface area contributed by atoms with E-state index in [1.54, 1.807) is 6.20 Å². The molecule has 1 fully saturated rings. The number of benzene rings is 1. The van der Waals surface area contributed by atoms with E-state index in [9.17, 15) is 4.79 Å². The molecule has 142 valence electrons. The van der Waals surface area contributed by atoms with Crippen molar-refractivity contribution < 1.29 is 9.32 Å². The number of fused-ring (bicyclic) bond motifs is 1. The SMILES string of the molecule is Cc1nccn1CC(C)C(=O)N1CCN(Cc2noc3ccccc23)CC1. The molecule has 0 N–H and O–H groups in total. The lowest BCUT2D eigenvalue weighted by molar-refractivity contribution is -0.137.